The summed E-state index contributed by atoms with van der Waals surface area (Å²) in [6, 6.07) is 10.5. The molecule has 1 fully saturated rings. The van der Waals surface area contributed by atoms with E-state index in [1.165, 1.54) is 30.9 Å². The van der Waals surface area contributed by atoms with Gasteiger partial charge in [-0.2, -0.15) is 0 Å². The van der Waals surface area contributed by atoms with Gasteiger partial charge in [-0.05, 0) is 47.2 Å². The van der Waals surface area contributed by atoms with E-state index in [0.29, 0.717) is 26.2 Å². The summed E-state index contributed by atoms with van der Waals surface area (Å²) in [6.07, 6.45) is 1.50. The molecule has 3 rings (SSSR count). The first kappa shape index (κ1) is 21.6. The van der Waals surface area contributed by atoms with E-state index in [0.717, 1.165) is 16.3 Å². The van der Waals surface area contributed by atoms with Crippen LogP contribution >= 0.6 is 11.8 Å². The molecule has 0 spiro atoms. The molecule has 2 aromatic rings. The number of nitro groups is 1. The molecule has 0 saturated carbocycles. The smallest absolute Gasteiger partial charge is 0.363 e. The Kier molecular flexibility index (Phi) is 6.88. The second-order valence-electron chi connectivity index (χ2n) is 6.91. The van der Waals surface area contributed by atoms with Gasteiger partial charge in [0.25, 0.3) is 0 Å². The molecule has 9 nitrogen and oxygen atoms in total. The number of hydrogen-bond donors (Lipinski definition) is 1. The van der Waals surface area contributed by atoms with Crippen LogP contribution in [0.15, 0.2) is 47.5 Å². The predicted molar refractivity (Wildman–Crippen MR) is 116 cm³/mol. The Morgan fingerprint density at radius 2 is 1.80 bits per heavy atom. The van der Waals surface area contributed by atoms with Gasteiger partial charge >= 0.3 is 5.82 Å². The Hall–Kier alpha value is -3.14. The molecule has 2 amide bonds. The van der Waals surface area contributed by atoms with Crippen LogP contribution in [0.5, 0.6) is 0 Å². The summed E-state index contributed by atoms with van der Waals surface area (Å²) < 4.78 is 0. The number of aromatic nitrogens is 1. The lowest BCUT2D eigenvalue weighted by Gasteiger charge is -2.36. The van der Waals surface area contributed by atoms with Crippen molar-refractivity contribution in [2.75, 3.05) is 36.4 Å². The quantitative estimate of drug-likeness (QED) is 0.427. The molecule has 1 N–H and O–H groups in total. The lowest BCUT2D eigenvalue weighted by Crippen LogP contribution is -2.50. The Labute approximate surface area is 178 Å². The van der Waals surface area contributed by atoms with Crippen LogP contribution in [0.3, 0.4) is 0 Å². The highest BCUT2D eigenvalue weighted by atomic mass is 32.2. The van der Waals surface area contributed by atoms with Gasteiger partial charge in [0.2, 0.25) is 11.8 Å². The summed E-state index contributed by atoms with van der Waals surface area (Å²) in [5, 5.41) is 13.2. The van der Waals surface area contributed by atoms with Crippen LogP contribution in [0.1, 0.15) is 13.8 Å². The second kappa shape index (κ2) is 9.57. The molecule has 1 saturated heterocycles. The van der Waals surface area contributed by atoms with Crippen LogP contribution in [-0.4, -0.2) is 58.1 Å². The fourth-order valence-electron chi connectivity index (χ4n) is 3.19. The first-order valence-corrected chi connectivity index (χ1v) is 10.4. The van der Waals surface area contributed by atoms with Crippen LogP contribution in [0, 0.1) is 10.1 Å². The van der Waals surface area contributed by atoms with E-state index in [4.69, 9.17) is 0 Å². The lowest BCUT2D eigenvalue weighted by atomic mass is 10.2. The van der Waals surface area contributed by atoms with Gasteiger partial charge in [0.15, 0.2) is 6.20 Å². The van der Waals surface area contributed by atoms with Crippen LogP contribution in [0.4, 0.5) is 17.2 Å². The number of hydrogen-bond acceptors (Lipinski definition) is 7. The molecule has 0 bridgehead atoms. The van der Waals surface area contributed by atoms with Crippen molar-refractivity contribution in [1.82, 2.24) is 9.88 Å². The molecule has 2 heterocycles. The Balaban J connectivity index is 1.51. The molecule has 0 unspecified atom stereocenters. The van der Waals surface area contributed by atoms with Crippen LogP contribution < -0.4 is 10.2 Å². The van der Waals surface area contributed by atoms with E-state index >= 15 is 0 Å². The molecule has 1 atom stereocenters. The maximum absolute atomic E-state index is 12.8. The molecular weight excluding hydrogens is 406 g/mol. The van der Waals surface area contributed by atoms with Crippen molar-refractivity contribution in [1.29, 1.82) is 0 Å². The highest BCUT2D eigenvalue weighted by Gasteiger charge is 2.26. The molecule has 158 valence electrons. The zero-order valence-corrected chi connectivity index (χ0v) is 17.6. The number of benzene rings is 1. The number of nitrogens with zero attached hydrogens (tertiary/aromatic N) is 4. The maximum Gasteiger partial charge on any atom is 0.363 e. The van der Waals surface area contributed by atoms with Gasteiger partial charge in [0.05, 0.1) is 10.9 Å². The van der Waals surface area contributed by atoms with E-state index in [9.17, 15) is 19.7 Å². The number of nitrogens with one attached hydrogen (secondary N) is 1. The zero-order valence-electron chi connectivity index (χ0n) is 16.8. The highest BCUT2D eigenvalue weighted by Crippen LogP contribution is 2.26. The van der Waals surface area contributed by atoms with Gasteiger partial charge in [-0.25, -0.2) is 0 Å². The van der Waals surface area contributed by atoms with Crippen molar-refractivity contribution in [3.63, 3.8) is 0 Å². The third-order valence-corrected chi connectivity index (χ3v) is 5.81. The monoisotopic (exact) mass is 429 g/mol. The molecule has 0 radical (unpaired) electrons. The van der Waals surface area contributed by atoms with Crippen molar-refractivity contribution in [3.05, 3.63) is 52.7 Å². The highest BCUT2D eigenvalue weighted by molar-refractivity contribution is 8.00. The van der Waals surface area contributed by atoms with Gasteiger partial charge in [-0.15, -0.1) is 11.8 Å². The van der Waals surface area contributed by atoms with Crippen molar-refractivity contribution in [2.24, 2.45) is 0 Å². The topological polar surface area (TPSA) is 109 Å². The molecular formula is C20H23N5O4S. The first-order chi connectivity index (χ1) is 14.3. The number of carbonyl (C=O) groups excluding carboxylic acids is 2. The minimum atomic E-state index is -0.521. The summed E-state index contributed by atoms with van der Waals surface area (Å²) in [5.41, 5.74) is 1.54. The van der Waals surface area contributed by atoms with Crippen molar-refractivity contribution in [2.45, 2.75) is 24.0 Å². The number of thioether (sulfide) groups is 1. The molecule has 0 aliphatic carbocycles. The number of piperazine rings is 1. The average molecular weight is 430 g/mol. The van der Waals surface area contributed by atoms with Gasteiger partial charge in [0, 0.05) is 49.8 Å². The maximum atomic E-state index is 12.8. The molecule has 1 aromatic carbocycles. The number of pyridine rings is 1. The number of amides is 2. The predicted octanol–water partition coefficient (Wildman–Crippen LogP) is 2.78. The van der Waals surface area contributed by atoms with Gasteiger partial charge in [-0.1, -0.05) is 0 Å². The SMILES string of the molecule is CC(=O)Nc1ccc(S[C@@H](C)C(=O)N2CCN(c3ccc([N+](=O)[O-])nc3)CC2)cc1. The fraction of sp³-hybridized carbons (Fsp3) is 0.350. The molecule has 1 aliphatic heterocycles. The van der Waals surface area contributed by atoms with Crippen LogP contribution in [-0.2, 0) is 9.59 Å². The van der Waals surface area contributed by atoms with Crippen molar-refractivity contribution < 1.29 is 14.5 Å². The third kappa shape index (κ3) is 5.47. The van der Waals surface area contributed by atoms with E-state index < -0.39 is 4.92 Å². The van der Waals surface area contributed by atoms with Crippen LogP contribution in [0.2, 0.25) is 0 Å². The summed E-state index contributed by atoms with van der Waals surface area (Å²) in [7, 11) is 0. The summed E-state index contributed by atoms with van der Waals surface area (Å²) >= 11 is 1.48. The number of anilines is 2. The largest absolute Gasteiger partial charge is 0.365 e. The molecule has 1 aliphatic rings. The Morgan fingerprint density at radius 3 is 2.33 bits per heavy atom. The molecule has 10 heteroatoms. The fourth-order valence-corrected chi connectivity index (χ4v) is 4.14. The van der Waals surface area contributed by atoms with Gasteiger partial charge < -0.3 is 25.2 Å². The standard InChI is InChI=1S/C20H23N5O4S/c1-14(30-18-6-3-16(4-7-18)22-15(2)26)20(27)24-11-9-23(10-12-24)17-5-8-19(21-13-17)25(28)29/h3-8,13-14H,9-12H2,1-2H3,(H,22,26)/t14-/m0/s1. The molecule has 1 aromatic heterocycles. The first-order valence-electron chi connectivity index (χ1n) is 9.52. The minimum Gasteiger partial charge on any atom is -0.365 e. The normalized spacial score (nSPS) is 14.9. The van der Waals surface area contributed by atoms with Gasteiger partial charge in [-0.3, -0.25) is 9.59 Å². The van der Waals surface area contributed by atoms with Crippen molar-refractivity contribution in [3.8, 4) is 0 Å². The zero-order chi connectivity index (χ0) is 21.7. The Morgan fingerprint density at radius 1 is 1.13 bits per heavy atom. The van der Waals surface area contributed by atoms with E-state index in [-0.39, 0.29) is 22.9 Å². The molecule has 30 heavy (non-hydrogen) atoms. The van der Waals surface area contributed by atoms with E-state index in [1.807, 2.05) is 36.1 Å². The van der Waals surface area contributed by atoms with Crippen molar-refractivity contribution >= 4 is 40.8 Å². The van der Waals surface area contributed by atoms with E-state index in [2.05, 4.69) is 15.2 Å². The van der Waals surface area contributed by atoms with E-state index in [1.54, 1.807) is 6.07 Å². The van der Waals surface area contributed by atoms with Crippen LogP contribution in [0.25, 0.3) is 0 Å². The number of rotatable bonds is 6. The summed E-state index contributed by atoms with van der Waals surface area (Å²) in [6.45, 7) is 5.81. The summed E-state index contributed by atoms with van der Waals surface area (Å²) in [4.78, 5) is 42.9. The Bertz CT molecular complexity index is 912. The third-order valence-electron chi connectivity index (χ3n) is 4.71. The summed E-state index contributed by atoms with van der Waals surface area (Å²) in [5.74, 6) is -0.224. The number of carbonyl (C=O) groups is 2. The lowest BCUT2D eigenvalue weighted by molar-refractivity contribution is -0.389. The second-order valence-corrected chi connectivity index (χ2v) is 8.32. The minimum absolute atomic E-state index is 0.0763. The van der Waals surface area contributed by atoms with Gasteiger partial charge in [0.1, 0.15) is 0 Å². The average Bonchev–Trinajstić information content (AvgIpc) is 2.74.